The minimum absolute atomic E-state index is 0.114. The highest BCUT2D eigenvalue weighted by Gasteiger charge is 2.28. The van der Waals surface area contributed by atoms with Gasteiger partial charge in [0.05, 0.1) is 12.5 Å². The van der Waals surface area contributed by atoms with Gasteiger partial charge in [0.15, 0.2) is 0 Å². The number of aliphatic carboxylic acids is 1. The van der Waals surface area contributed by atoms with Crippen molar-refractivity contribution in [1.29, 1.82) is 0 Å². The second-order valence-corrected chi connectivity index (χ2v) is 5.07. The number of carbonyl (C=O) groups excluding carboxylic acids is 1. The van der Waals surface area contributed by atoms with Crippen molar-refractivity contribution in [3.8, 4) is 0 Å². The van der Waals surface area contributed by atoms with E-state index in [1.54, 1.807) is 6.07 Å². The Morgan fingerprint density at radius 3 is 2.94 bits per heavy atom. The van der Waals surface area contributed by atoms with Crippen LogP contribution in [0.5, 0.6) is 0 Å². The summed E-state index contributed by atoms with van der Waals surface area (Å²) in [6.07, 6.45) is 0. The monoisotopic (exact) mass is 312 g/mol. The summed E-state index contributed by atoms with van der Waals surface area (Å²) >= 11 is 3.34. The van der Waals surface area contributed by atoms with Crippen LogP contribution in [0, 0.1) is 5.92 Å². The summed E-state index contributed by atoms with van der Waals surface area (Å²) in [5.41, 5.74) is 0.712. The molecular formula is C12H13BrN2O3. The maximum Gasteiger partial charge on any atom is 0.309 e. The standard InChI is InChI=1S/C12H13BrN2O3/c13-9-2-1-3-10(4-9)15-7-8(12(17)18)5-14-6-11(15)16/h1-4,8,14H,5-7H2,(H,17,18). The van der Waals surface area contributed by atoms with Crippen LogP contribution < -0.4 is 10.2 Å². The first-order valence-corrected chi connectivity index (χ1v) is 6.36. The molecule has 96 valence electrons. The fourth-order valence-corrected chi connectivity index (χ4v) is 2.28. The summed E-state index contributed by atoms with van der Waals surface area (Å²) in [7, 11) is 0. The molecule has 0 aliphatic carbocycles. The van der Waals surface area contributed by atoms with Gasteiger partial charge in [0.25, 0.3) is 0 Å². The molecule has 1 aliphatic heterocycles. The number of benzene rings is 1. The molecule has 0 spiro atoms. The summed E-state index contributed by atoms with van der Waals surface area (Å²) < 4.78 is 0.858. The van der Waals surface area contributed by atoms with Crippen LogP contribution in [0.4, 0.5) is 5.69 Å². The van der Waals surface area contributed by atoms with Crippen LogP contribution in [0.3, 0.4) is 0 Å². The molecular weight excluding hydrogens is 300 g/mol. The number of carbonyl (C=O) groups is 2. The predicted octanol–water partition coefficient (Wildman–Crippen LogP) is 1.09. The zero-order valence-electron chi connectivity index (χ0n) is 9.60. The van der Waals surface area contributed by atoms with Crippen LogP contribution in [0.2, 0.25) is 0 Å². The molecule has 0 saturated carbocycles. The Bertz CT molecular complexity index is 478. The van der Waals surface area contributed by atoms with E-state index in [1.807, 2.05) is 18.2 Å². The molecule has 1 saturated heterocycles. The predicted molar refractivity (Wildman–Crippen MR) is 70.5 cm³/mol. The molecule has 1 atom stereocenters. The van der Waals surface area contributed by atoms with E-state index >= 15 is 0 Å². The van der Waals surface area contributed by atoms with Crippen LogP contribution >= 0.6 is 15.9 Å². The van der Waals surface area contributed by atoms with Crippen molar-refractivity contribution >= 4 is 33.5 Å². The number of nitrogens with one attached hydrogen (secondary N) is 1. The molecule has 0 radical (unpaired) electrons. The Labute approximate surface area is 113 Å². The minimum atomic E-state index is -0.891. The lowest BCUT2D eigenvalue weighted by Crippen LogP contribution is -2.37. The zero-order chi connectivity index (χ0) is 13.1. The van der Waals surface area contributed by atoms with Crippen molar-refractivity contribution in [3.05, 3.63) is 28.7 Å². The Balaban J connectivity index is 2.27. The van der Waals surface area contributed by atoms with E-state index in [4.69, 9.17) is 5.11 Å². The Morgan fingerprint density at radius 1 is 1.50 bits per heavy atom. The first-order chi connectivity index (χ1) is 8.58. The van der Waals surface area contributed by atoms with Crippen molar-refractivity contribution in [3.63, 3.8) is 0 Å². The number of anilines is 1. The van der Waals surface area contributed by atoms with Gasteiger partial charge in [-0.1, -0.05) is 22.0 Å². The highest BCUT2D eigenvalue weighted by atomic mass is 79.9. The average molecular weight is 313 g/mol. The number of hydrogen-bond acceptors (Lipinski definition) is 3. The molecule has 1 heterocycles. The summed E-state index contributed by atoms with van der Waals surface area (Å²) in [5, 5.41) is 11.9. The maximum absolute atomic E-state index is 11.9. The van der Waals surface area contributed by atoms with Crippen molar-refractivity contribution in [2.75, 3.05) is 24.5 Å². The third kappa shape index (κ3) is 2.88. The largest absolute Gasteiger partial charge is 0.481 e. The Kier molecular flexibility index (Phi) is 3.98. The molecule has 2 N–H and O–H groups in total. The summed E-state index contributed by atoms with van der Waals surface area (Å²) in [4.78, 5) is 24.5. The SMILES string of the molecule is O=C(O)C1CNCC(=O)N(c2cccc(Br)c2)C1. The lowest BCUT2D eigenvalue weighted by Gasteiger charge is -2.22. The number of amides is 1. The zero-order valence-corrected chi connectivity index (χ0v) is 11.2. The van der Waals surface area contributed by atoms with E-state index in [1.165, 1.54) is 4.90 Å². The molecule has 1 unspecified atom stereocenters. The van der Waals surface area contributed by atoms with Crippen molar-refractivity contribution in [2.24, 2.45) is 5.92 Å². The number of hydrogen-bond donors (Lipinski definition) is 2. The van der Waals surface area contributed by atoms with E-state index in [9.17, 15) is 9.59 Å². The summed E-state index contributed by atoms with van der Waals surface area (Å²) in [5.74, 6) is -1.59. The molecule has 2 rings (SSSR count). The van der Waals surface area contributed by atoms with Crippen LogP contribution in [0.15, 0.2) is 28.7 Å². The highest BCUT2D eigenvalue weighted by Crippen LogP contribution is 2.22. The first-order valence-electron chi connectivity index (χ1n) is 5.57. The highest BCUT2D eigenvalue weighted by molar-refractivity contribution is 9.10. The summed E-state index contributed by atoms with van der Waals surface area (Å²) in [6.45, 7) is 0.666. The van der Waals surface area contributed by atoms with E-state index < -0.39 is 11.9 Å². The van der Waals surface area contributed by atoms with E-state index in [2.05, 4.69) is 21.2 Å². The molecule has 0 aromatic heterocycles. The fourth-order valence-electron chi connectivity index (χ4n) is 1.89. The fraction of sp³-hybridized carbons (Fsp3) is 0.333. The summed E-state index contributed by atoms with van der Waals surface area (Å²) in [6, 6.07) is 7.29. The lowest BCUT2D eigenvalue weighted by molar-refractivity contribution is -0.141. The number of carboxylic acid groups (broad SMARTS) is 1. The smallest absolute Gasteiger partial charge is 0.309 e. The van der Waals surface area contributed by atoms with Crippen LogP contribution in [0.25, 0.3) is 0 Å². The molecule has 1 fully saturated rings. The van der Waals surface area contributed by atoms with Crippen LogP contribution in [-0.2, 0) is 9.59 Å². The van der Waals surface area contributed by atoms with Gasteiger partial charge in [-0.3, -0.25) is 9.59 Å². The molecule has 1 aliphatic rings. The third-order valence-corrected chi connectivity index (χ3v) is 3.33. The normalized spacial score (nSPS) is 20.6. The molecule has 1 amide bonds. The van der Waals surface area contributed by atoms with Gasteiger partial charge in [-0.2, -0.15) is 0 Å². The van der Waals surface area contributed by atoms with E-state index in [0.717, 1.165) is 4.47 Å². The number of halogens is 1. The topological polar surface area (TPSA) is 69.6 Å². The third-order valence-electron chi connectivity index (χ3n) is 2.84. The number of rotatable bonds is 2. The van der Waals surface area contributed by atoms with Gasteiger partial charge < -0.3 is 15.3 Å². The molecule has 0 bridgehead atoms. The van der Waals surface area contributed by atoms with Crippen molar-refractivity contribution in [1.82, 2.24) is 5.32 Å². The number of carboxylic acids is 1. The van der Waals surface area contributed by atoms with Gasteiger partial charge in [-0.05, 0) is 18.2 Å². The van der Waals surface area contributed by atoms with Crippen molar-refractivity contribution in [2.45, 2.75) is 0 Å². The van der Waals surface area contributed by atoms with E-state index in [-0.39, 0.29) is 19.0 Å². The van der Waals surface area contributed by atoms with Gasteiger partial charge in [0, 0.05) is 23.2 Å². The quantitative estimate of drug-likeness (QED) is 0.857. The van der Waals surface area contributed by atoms with Gasteiger partial charge in [-0.15, -0.1) is 0 Å². The van der Waals surface area contributed by atoms with Gasteiger partial charge in [-0.25, -0.2) is 0 Å². The van der Waals surface area contributed by atoms with Crippen LogP contribution in [-0.4, -0.2) is 36.6 Å². The molecule has 1 aromatic rings. The van der Waals surface area contributed by atoms with Gasteiger partial charge in [0.1, 0.15) is 0 Å². The molecule has 1 aromatic carbocycles. The Morgan fingerprint density at radius 2 is 2.28 bits per heavy atom. The first kappa shape index (κ1) is 13.0. The van der Waals surface area contributed by atoms with Crippen molar-refractivity contribution < 1.29 is 14.7 Å². The minimum Gasteiger partial charge on any atom is -0.481 e. The second-order valence-electron chi connectivity index (χ2n) is 4.15. The van der Waals surface area contributed by atoms with E-state index in [0.29, 0.717) is 12.2 Å². The lowest BCUT2D eigenvalue weighted by atomic mass is 10.1. The van der Waals surface area contributed by atoms with Crippen LogP contribution in [0.1, 0.15) is 0 Å². The Hall–Kier alpha value is -1.40. The molecule has 5 nitrogen and oxygen atoms in total. The molecule has 6 heteroatoms. The average Bonchev–Trinajstić information content (AvgIpc) is 2.51. The van der Waals surface area contributed by atoms with Gasteiger partial charge in [0.2, 0.25) is 5.91 Å². The second kappa shape index (κ2) is 5.49. The maximum atomic E-state index is 11.9. The molecule has 18 heavy (non-hydrogen) atoms. The van der Waals surface area contributed by atoms with Gasteiger partial charge >= 0.3 is 5.97 Å². The number of nitrogens with zero attached hydrogens (tertiary/aromatic N) is 1.